The van der Waals surface area contributed by atoms with Crippen molar-refractivity contribution >= 4 is 34.1 Å². The molecule has 0 aromatic carbocycles. The molecule has 1 fully saturated rings. The van der Waals surface area contributed by atoms with Crippen molar-refractivity contribution in [2.24, 2.45) is 0 Å². The molecule has 1 N–H and O–H groups in total. The lowest BCUT2D eigenvalue weighted by molar-refractivity contribution is 0.102. The molecule has 0 unspecified atom stereocenters. The Hall–Kier alpha value is -1.91. The van der Waals surface area contributed by atoms with Gasteiger partial charge < -0.3 is 0 Å². The van der Waals surface area contributed by atoms with E-state index in [1.165, 1.54) is 23.1 Å². The predicted octanol–water partition coefficient (Wildman–Crippen LogP) is 3.57. The fourth-order valence-corrected chi connectivity index (χ4v) is 3.36. The molecule has 2 aromatic heterocycles. The number of aryl methyl sites for hydroxylation is 1. The summed E-state index contributed by atoms with van der Waals surface area (Å²) in [5.74, 6) is 0.123. The highest BCUT2D eigenvalue weighted by molar-refractivity contribution is 7.98. The number of thioether (sulfide) groups is 1. The van der Waals surface area contributed by atoms with Gasteiger partial charge in [-0.05, 0) is 32.1 Å². The smallest absolute Gasteiger partial charge is 0.258 e. The first-order valence-corrected chi connectivity index (χ1v) is 8.89. The molecule has 2 heterocycles. The van der Waals surface area contributed by atoms with Crippen LogP contribution in [-0.2, 0) is 0 Å². The first kappa shape index (κ1) is 15.0. The Morgan fingerprint density at radius 1 is 1.55 bits per heavy atom. The first-order chi connectivity index (χ1) is 10.6. The van der Waals surface area contributed by atoms with Crippen LogP contribution >= 0.6 is 23.1 Å². The van der Waals surface area contributed by atoms with Crippen LogP contribution < -0.4 is 5.32 Å². The topological polar surface area (TPSA) is 78.7 Å². The molecular formula is C15H14N4OS2. The third-order valence-electron chi connectivity index (χ3n) is 3.39. The van der Waals surface area contributed by atoms with Gasteiger partial charge in [0.05, 0.1) is 11.1 Å². The van der Waals surface area contributed by atoms with Crippen molar-refractivity contribution in [2.45, 2.75) is 30.7 Å². The number of pyridine rings is 1. The van der Waals surface area contributed by atoms with Gasteiger partial charge in [0, 0.05) is 22.7 Å². The van der Waals surface area contributed by atoms with E-state index >= 15 is 0 Å². The van der Waals surface area contributed by atoms with Gasteiger partial charge in [-0.25, -0.2) is 9.97 Å². The van der Waals surface area contributed by atoms with Crippen LogP contribution in [0, 0.1) is 18.3 Å². The van der Waals surface area contributed by atoms with Crippen LogP contribution in [0.25, 0.3) is 0 Å². The molecular weight excluding hydrogens is 316 g/mol. The zero-order valence-corrected chi connectivity index (χ0v) is 13.8. The van der Waals surface area contributed by atoms with Crippen LogP contribution in [0.1, 0.15) is 45.3 Å². The van der Waals surface area contributed by atoms with Crippen LogP contribution in [0.3, 0.4) is 0 Å². The fraction of sp³-hybridized carbons (Fsp3) is 0.333. The summed E-state index contributed by atoms with van der Waals surface area (Å²) in [6.45, 7) is 1.93. The summed E-state index contributed by atoms with van der Waals surface area (Å²) in [4.78, 5) is 22.2. The lowest BCUT2D eigenvalue weighted by atomic mass is 10.1. The summed E-state index contributed by atoms with van der Waals surface area (Å²) in [5, 5.41) is 13.3. The minimum atomic E-state index is -0.300. The molecule has 0 bridgehead atoms. The second kappa shape index (κ2) is 6.07. The Balaban J connectivity index is 1.98. The number of aromatic nitrogens is 2. The van der Waals surface area contributed by atoms with Crippen molar-refractivity contribution in [3.63, 3.8) is 0 Å². The van der Waals surface area contributed by atoms with Gasteiger partial charge in [-0.2, -0.15) is 5.26 Å². The van der Waals surface area contributed by atoms with Gasteiger partial charge in [-0.3, -0.25) is 10.1 Å². The molecule has 0 radical (unpaired) electrons. The molecule has 0 spiro atoms. The number of nitrogens with one attached hydrogen (secondary N) is 1. The number of carbonyl (C=O) groups excluding carboxylic acids is 1. The quantitative estimate of drug-likeness (QED) is 0.867. The molecule has 22 heavy (non-hydrogen) atoms. The summed E-state index contributed by atoms with van der Waals surface area (Å²) >= 11 is 2.80. The summed E-state index contributed by atoms with van der Waals surface area (Å²) in [5.41, 5.74) is 1.63. The average Bonchev–Trinajstić information content (AvgIpc) is 3.29. The van der Waals surface area contributed by atoms with E-state index in [0.29, 0.717) is 27.2 Å². The van der Waals surface area contributed by atoms with Crippen molar-refractivity contribution in [3.05, 3.63) is 34.0 Å². The lowest BCUT2D eigenvalue weighted by Crippen LogP contribution is -2.15. The van der Waals surface area contributed by atoms with E-state index in [-0.39, 0.29) is 5.91 Å². The zero-order chi connectivity index (χ0) is 15.7. The molecule has 0 saturated heterocycles. The maximum Gasteiger partial charge on any atom is 0.258 e. The Morgan fingerprint density at radius 3 is 2.86 bits per heavy atom. The molecule has 2 aromatic rings. The van der Waals surface area contributed by atoms with Gasteiger partial charge in [0.25, 0.3) is 5.91 Å². The number of rotatable bonds is 4. The van der Waals surface area contributed by atoms with E-state index in [4.69, 9.17) is 0 Å². The molecule has 1 aliphatic carbocycles. The van der Waals surface area contributed by atoms with Crippen LogP contribution in [0.5, 0.6) is 0 Å². The van der Waals surface area contributed by atoms with E-state index in [0.717, 1.165) is 23.4 Å². The van der Waals surface area contributed by atoms with Crippen molar-refractivity contribution in [1.82, 2.24) is 9.97 Å². The highest BCUT2D eigenvalue weighted by atomic mass is 32.2. The van der Waals surface area contributed by atoms with Gasteiger partial charge in [0.2, 0.25) is 0 Å². The number of carbonyl (C=O) groups is 1. The number of anilines is 1. The normalized spacial score (nSPS) is 13.7. The van der Waals surface area contributed by atoms with Gasteiger partial charge in [0.1, 0.15) is 11.1 Å². The van der Waals surface area contributed by atoms with Crippen LogP contribution in [-0.4, -0.2) is 22.1 Å². The molecule has 5 nitrogen and oxygen atoms in total. The van der Waals surface area contributed by atoms with E-state index < -0.39 is 0 Å². The Kier molecular flexibility index (Phi) is 4.14. The largest absolute Gasteiger partial charge is 0.298 e. The second-order valence-corrected chi connectivity index (χ2v) is 7.12. The number of nitriles is 1. The number of amides is 1. The van der Waals surface area contributed by atoms with Crippen molar-refractivity contribution in [1.29, 1.82) is 5.26 Å². The highest BCUT2D eigenvalue weighted by Gasteiger charge is 2.28. The average molecular weight is 330 g/mol. The number of thiazole rings is 1. The fourth-order valence-electron chi connectivity index (χ4n) is 2.14. The van der Waals surface area contributed by atoms with Crippen LogP contribution in [0.4, 0.5) is 5.13 Å². The molecule has 0 aliphatic heterocycles. The van der Waals surface area contributed by atoms with Crippen molar-refractivity contribution in [3.8, 4) is 6.07 Å². The second-order valence-electron chi connectivity index (χ2n) is 5.10. The maximum absolute atomic E-state index is 12.5. The summed E-state index contributed by atoms with van der Waals surface area (Å²) in [6, 6.07) is 3.87. The first-order valence-electron chi connectivity index (χ1n) is 6.85. The van der Waals surface area contributed by atoms with Crippen molar-refractivity contribution < 1.29 is 4.79 Å². The lowest BCUT2D eigenvalue weighted by Gasteiger charge is -2.09. The zero-order valence-electron chi connectivity index (χ0n) is 12.2. The highest BCUT2D eigenvalue weighted by Crippen LogP contribution is 2.40. The molecule has 1 saturated carbocycles. The third kappa shape index (κ3) is 2.98. The molecule has 1 amide bonds. The van der Waals surface area contributed by atoms with E-state index in [1.54, 1.807) is 12.3 Å². The monoisotopic (exact) mass is 330 g/mol. The van der Waals surface area contributed by atoms with Crippen molar-refractivity contribution in [2.75, 3.05) is 11.6 Å². The molecule has 7 heteroatoms. The summed E-state index contributed by atoms with van der Waals surface area (Å²) in [6.07, 6.45) is 5.77. The number of hydrogen-bond donors (Lipinski definition) is 1. The molecule has 3 rings (SSSR count). The molecule has 112 valence electrons. The van der Waals surface area contributed by atoms with E-state index in [1.807, 2.05) is 13.2 Å². The van der Waals surface area contributed by atoms with Crippen LogP contribution in [0.15, 0.2) is 17.3 Å². The maximum atomic E-state index is 12.5. The van der Waals surface area contributed by atoms with E-state index in [9.17, 15) is 10.1 Å². The van der Waals surface area contributed by atoms with Crippen LogP contribution in [0.2, 0.25) is 0 Å². The van der Waals surface area contributed by atoms with E-state index in [2.05, 4.69) is 21.4 Å². The number of nitrogens with zero attached hydrogens (tertiary/aromatic N) is 3. The third-order valence-corrected chi connectivity index (χ3v) is 4.90. The molecule has 0 atom stereocenters. The minimum Gasteiger partial charge on any atom is -0.298 e. The van der Waals surface area contributed by atoms with Gasteiger partial charge >= 0.3 is 0 Å². The summed E-state index contributed by atoms with van der Waals surface area (Å²) in [7, 11) is 0. The number of hydrogen-bond acceptors (Lipinski definition) is 6. The SMILES string of the molecule is CSc1nc(C2CC2)cc(C(=O)Nc2ncc(C)s2)c1C#N. The Labute approximate surface area is 136 Å². The summed E-state index contributed by atoms with van der Waals surface area (Å²) < 4.78 is 0. The van der Waals surface area contributed by atoms with Gasteiger partial charge in [-0.1, -0.05) is 0 Å². The minimum absolute atomic E-state index is 0.300. The van der Waals surface area contributed by atoms with Gasteiger partial charge in [0.15, 0.2) is 5.13 Å². The Bertz CT molecular complexity index is 774. The standard InChI is InChI=1S/C15H14N4OS2/c1-8-7-17-15(22-8)19-13(20)10-5-12(9-3-4-9)18-14(21-2)11(10)6-16/h5,7,9H,3-4H2,1-2H3,(H,17,19,20). The molecule has 1 aliphatic rings. The predicted molar refractivity (Wildman–Crippen MR) is 87.5 cm³/mol. The Morgan fingerprint density at radius 2 is 2.32 bits per heavy atom. The van der Waals surface area contributed by atoms with Gasteiger partial charge in [-0.15, -0.1) is 23.1 Å².